The summed E-state index contributed by atoms with van der Waals surface area (Å²) in [4.78, 5) is 12.4. The third-order valence-corrected chi connectivity index (χ3v) is 3.88. The maximum absolute atomic E-state index is 12.4. The van der Waals surface area contributed by atoms with Crippen molar-refractivity contribution in [1.82, 2.24) is 0 Å². The second-order valence-electron chi connectivity index (χ2n) is 5.13. The van der Waals surface area contributed by atoms with E-state index in [1.165, 1.54) is 0 Å². The van der Waals surface area contributed by atoms with Crippen molar-refractivity contribution in [3.63, 3.8) is 0 Å². The minimum Gasteiger partial charge on any atom is -0.321 e. The van der Waals surface area contributed by atoms with Gasteiger partial charge in [0.05, 0.1) is 16.3 Å². The van der Waals surface area contributed by atoms with E-state index in [9.17, 15) is 4.79 Å². The average molecular weight is 324 g/mol. The number of aromatic nitrogens is 1. The molecule has 0 aliphatic carbocycles. The van der Waals surface area contributed by atoms with Gasteiger partial charge in [-0.1, -0.05) is 41.9 Å². The molecule has 0 fully saturated rings. The van der Waals surface area contributed by atoms with Crippen molar-refractivity contribution in [1.29, 1.82) is 0 Å². The lowest BCUT2D eigenvalue weighted by Gasteiger charge is -2.11. The number of benzene rings is 2. The molecule has 0 radical (unpaired) electrons. The third-order valence-electron chi connectivity index (χ3n) is 3.52. The minimum absolute atomic E-state index is 0.146. The van der Waals surface area contributed by atoms with Crippen molar-refractivity contribution >= 4 is 23.2 Å². The van der Waals surface area contributed by atoms with Gasteiger partial charge in [-0.25, -0.2) is 4.57 Å². The number of amides is 1. The van der Waals surface area contributed by atoms with Gasteiger partial charge < -0.3 is 5.32 Å². The quantitative estimate of drug-likeness (QED) is 0.725. The Kier molecular flexibility index (Phi) is 4.69. The molecule has 3 rings (SSSR count). The molecule has 1 aromatic heterocycles. The van der Waals surface area contributed by atoms with Gasteiger partial charge in [0.25, 0.3) is 5.91 Å². The summed E-state index contributed by atoms with van der Waals surface area (Å²) in [5.74, 6) is -0.146. The van der Waals surface area contributed by atoms with Crippen molar-refractivity contribution in [3.8, 4) is 0 Å². The Hall–Kier alpha value is -2.65. The Labute approximate surface area is 140 Å². The smallest absolute Gasteiger partial charge is 0.255 e. The highest BCUT2D eigenvalue weighted by molar-refractivity contribution is 6.31. The molecule has 1 amide bonds. The van der Waals surface area contributed by atoms with Crippen molar-refractivity contribution < 1.29 is 9.36 Å². The molecule has 4 heteroatoms. The lowest BCUT2D eigenvalue weighted by atomic mass is 10.1. The molecule has 0 atom stereocenters. The monoisotopic (exact) mass is 323 g/mol. The fourth-order valence-electron chi connectivity index (χ4n) is 2.34. The van der Waals surface area contributed by atoms with Gasteiger partial charge in [0.1, 0.15) is 0 Å². The molecule has 3 nitrogen and oxygen atoms in total. The first-order valence-electron chi connectivity index (χ1n) is 7.32. The topological polar surface area (TPSA) is 33.0 Å². The van der Waals surface area contributed by atoms with Gasteiger partial charge in [-0.05, 0) is 24.3 Å². The maximum atomic E-state index is 12.4. The van der Waals surface area contributed by atoms with Crippen LogP contribution < -0.4 is 9.88 Å². The molecule has 1 N–H and O–H groups in total. The number of anilines is 1. The molecule has 2 aromatic carbocycles. The van der Waals surface area contributed by atoms with Crippen LogP contribution >= 0.6 is 11.6 Å². The van der Waals surface area contributed by atoms with E-state index in [1.54, 1.807) is 12.1 Å². The van der Waals surface area contributed by atoms with E-state index in [4.69, 9.17) is 11.6 Å². The Morgan fingerprint density at radius 2 is 1.61 bits per heavy atom. The summed E-state index contributed by atoms with van der Waals surface area (Å²) in [7, 11) is 0. The van der Waals surface area contributed by atoms with E-state index in [2.05, 4.69) is 5.32 Å². The second kappa shape index (κ2) is 7.07. The Morgan fingerprint density at radius 3 is 2.35 bits per heavy atom. The normalized spacial score (nSPS) is 10.3. The van der Waals surface area contributed by atoms with Gasteiger partial charge in [-0.15, -0.1) is 0 Å². The molecule has 0 saturated heterocycles. The summed E-state index contributed by atoms with van der Waals surface area (Å²) < 4.78 is 2.01. The van der Waals surface area contributed by atoms with Gasteiger partial charge in [0.2, 0.25) is 0 Å². The summed E-state index contributed by atoms with van der Waals surface area (Å²) in [5, 5.41) is 3.58. The van der Waals surface area contributed by atoms with E-state index in [0.29, 0.717) is 17.1 Å². The van der Waals surface area contributed by atoms with Crippen molar-refractivity contribution in [2.45, 2.75) is 6.54 Å². The van der Waals surface area contributed by atoms with E-state index in [1.807, 2.05) is 71.6 Å². The maximum Gasteiger partial charge on any atom is 0.255 e. The van der Waals surface area contributed by atoms with Gasteiger partial charge >= 0.3 is 0 Å². The van der Waals surface area contributed by atoms with Gasteiger partial charge in [-0.3, -0.25) is 4.79 Å². The highest BCUT2D eigenvalue weighted by Crippen LogP contribution is 2.24. The van der Waals surface area contributed by atoms with Crippen LogP contribution in [0.4, 0.5) is 5.69 Å². The fourth-order valence-corrected chi connectivity index (χ4v) is 2.58. The predicted molar refractivity (Wildman–Crippen MR) is 91.6 cm³/mol. The summed E-state index contributed by atoms with van der Waals surface area (Å²) in [6, 6.07) is 20.5. The molecule has 0 bridgehead atoms. The fraction of sp³-hybridized carbons (Fsp3) is 0.0526. The molecular weight excluding hydrogens is 308 g/mol. The van der Waals surface area contributed by atoms with Gasteiger partial charge in [0.15, 0.2) is 18.9 Å². The Morgan fingerprint density at radius 1 is 0.913 bits per heavy atom. The lowest BCUT2D eigenvalue weighted by molar-refractivity contribution is -0.688. The molecule has 0 aliphatic heterocycles. The molecule has 0 spiro atoms. The first kappa shape index (κ1) is 15.3. The van der Waals surface area contributed by atoms with Crippen molar-refractivity contribution in [2.75, 3.05) is 5.32 Å². The number of nitrogens with zero attached hydrogens (tertiary/aromatic N) is 1. The van der Waals surface area contributed by atoms with Gasteiger partial charge in [0, 0.05) is 17.7 Å². The van der Waals surface area contributed by atoms with E-state index < -0.39 is 0 Å². The van der Waals surface area contributed by atoms with Crippen LogP contribution in [0.3, 0.4) is 0 Å². The molecular formula is C19H16ClN2O+. The molecule has 1 heterocycles. The lowest BCUT2D eigenvalue weighted by Crippen LogP contribution is -2.33. The first-order chi connectivity index (χ1) is 11.2. The zero-order valence-electron chi connectivity index (χ0n) is 12.4. The largest absolute Gasteiger partial charge is 0.321 e. The minimum atomic E-state index is -0.146. The van der Waals surface area contributed by atoms with E-state index in [-0.39, 0.29) is 5.91 Å². The zero-order valence-corrected chi connectivity index (χ0v) is 13.2. The van der Waals surface area contributed by atoms with Crippen LogP contribution in [0.25, 0.3) is 0 Å². The second-order valence-corrected chi connectivity index (χ2v) is 5.54. The van der Waals surface area contributed by atoms with Crippen LogP contribution in [0.2, 0.25) is 5.02 Å². The van der Waals surface area contributed by atoms with Crippen molar-refractivity contribution in [2.24, 2.45) is 0 Å². The number of rotatable bonds is 4. The molecule has 3 aromatic rings. The molecule has 0 aliphatic rings. The molecule has 114 valence electrons. The third kappa shape index (κ3) is 3.76. The summed E-state index contributed by atoms with van der Waals surface area (Å²) in [5.41, 5.74) is 2.23. The zero-order chi connectivity index (χ0) is 16.1. The van der Waals surface area contributed by atoms with Crippen LogP contribution in [0.5, 0.6) is 0 Å². The molecule has 0 saturated carbocycles. The number of carbonyl (C=O) groups is 1. The van der Waals surface area contributed by atoms with E-state index in [0.717, 1.165) is 11.3 Å². The van der Waals surface area contributed by atoms with Crippen LogP contribution in [-0.2, 0) is 6.54 Å². The summed E-state index contributed by atoms with van der Waals surface area (Å²) in [6.45, 7) is 0.588. The molecule has 23 heavy (non-hydrogen) atoms. The van der Waals surface area contributed by atoms with Crippen LogP contribution in [0, 0.1) is 0 Å². The number of pyridine rings is 1. The first-order valence-corrected chi connectivity index (χ1v) is 7.70. The highest BCUT2D eigenvalue weighted by Gasteiger charge is 2.14. The van der Waals surface area contributed by atoms with Gasteiger partial charge in [-0.2, -0.15) is 0 Å². The number of halogens is 1. The van der Waals surface area contributed by atoms with Crippen LogP contribution in [-0.4, -0.2) is 5.91 Å². The van der Waals surface area contributed by atoms with Crippen LogP contribution in [0.15, 0.2) is 79.1 Å². The number of nitrogens with one attached hydrogen (secondary N) is 1. The average Bonchev–Trinajstić information content (AvgIpc) is 2.59. The summed E-state index contributed by atoms with van der Waals surface area (Å²) >= 11 is 6.34. The SMILES string of the molecule is O=C(Nc1cccc(Cl)c1C[n+]1ccccc1)c1ccccc1. The number of hydrogen-bond acceptors (Lipinski definition) is 1. The van der Waals surface area contributed by atoms with Crippen molar-refractivity contribution in [3.05, 3.63) is 95.3 Å². The molecule has 0 unspecified atom stereocenters. The highest BCUT2D eigenvalue weighted by atomic mass is 35.5. The van der Waals surface area contributed by atoms with Crippen LogP contribution in [0.1, 0.15) is 15.9 Å². The number of carbonyl (C=O) groups excluding carboxylic acids is 1. The Balaban J connectivity index is 1.88. The standard InChI is InChI=1S/C19H15ClN2O/c20-17-10-7-11-18(16(17)14-22-12-5-2-6-13-22)21-19(23)15-8-3-1-4-9-15/h1-13H,14H2/p+1. The predicted octanol–water partition coefficient (Wildman–Crippen LogP) is 3.93. The summed E-state index contributed by atoms with van der Waals surface area (Å²) in [6.07, 6.45) is 3.93. The Bertz CT molecular complexity index is 804. The number of hydrogen-bond donors (Lipinski definition) is 1. The van der Waals surface area contributed by atoms with E-state index >= 15 is 0 Å².